The lowest BCUT2D eigenvalue weighted by Gasteiger charge is -2.29. The molecule has 136 valence electrons. The van der Waals surface area contributed by atoms with Crippen LogP contribution in [0, 0.1) is 11.6 Å². The van der Waals surface area contributed by atoms with Crippen LogP contribution in [0.25, 0.3) is 0 Å². The number of hydrogen-bond donors (Lipinski definition) is 1. The van der Waals surface area contributed by atoms with Crippen LogP contribution in [0.1, 0.15) is 22.3 Å². The lowest BCUT2D eigenvalue weighted by atomic mass is 10.0. The summed E-state index contributed by atoms with van der Waals surface area (Å²) in [5, 5.41) is 2.78. The van der Waals surface area contributed by atoms with E-state index in [9.17, 15) is 13.6 Å². The highest BCUT2D eigenvalue weighted by Gasteiger charge is 2.23. The number of rotatable bonds is 3. The van der Waals surface area contributed by atoms with Gasteiger partial charge < -0.3 is 10.2 Å². The predicted octanol–water partition coefficient (Wildman–Crippen LogP) is 4.70. The standard InChI is InChI=1S/C21H17F2N3O/c22-16-8-9-18(17(23)12-16)25-20-10-7-15(13-24-20)21(27)26-11-3-5-14-4-1-2-6-19(14)26/h1-2,4,6-10,12-13H,3,5,11H2,(H,24,25). The third-order valence-corrected chi connectivity index (χ3v) is 4.56. The molecular formula is C21H17F2N3O. The molecule has 4 rings (SSSR count). The predicted molar refractivity (Wildman–Crippen MR) is 100 cm³/mol. The highest BCUT2D eigenvalue weighted by Crippen LogP contribution is 2.28. The van der Waals surface area contributed by atoms with Crippen molar-refractivity contribution < 1.29 is 13.6 Å². The van der Waals surface area contributed by atoms with E-state index in [-0.39, 0.29) is 11.6 Å². The first-order valence-corrected chi connectivity index (χ1v) is 8.70. The van der Waals surface area contributed by atoms with Gasteiger partial charge in [-0.1, -0.05) is 18.2 Å². The second-order valence-corrected chi connectivity index (χ2v) is 6.37. The zero-order valence-electron chi connectivity index (χ0n) is 14.5. The van der Waals surface area contributed by atoms with Gasteiger partial charge in [-0.3, -0.25) is 4.79 Å². The Kier molecular flexibility index (Phi) is 4.54. The van der Waals surface area contributed by atoms with Gasteiger partial charge in [0.2, 0.25) is 0 Å². The minimum absolute atomic E-state index is 0.117. The van der Waals surface area contributed by atoms with Crippen LogP contribution in [0.4, 0.5) is 26.0 Å². The molecule has 0 aliphatic carbocycles. The molecule has 1 amide bonds. The van der Waals surface area contributed by atoms with E-state index in [1.807, 2.05) is 24.3 Å². The summed E-state index contributed by atoms with van der Waals surface area (Å²) in [5.74, 6) is -1.10. The third-order valence-electron chi connectivity index (χ3n) is 4.56. The van der Waals surface area contributed by atoms with Gasteiger partial charge in [0.1, 0.15) is 17.5 Å². The Morgan fingerprint density at radius 1 is 1.07 bits per heavy atom. The van der Waals surface area contributed by atoms with Gasteiger partial charge >= 0.3 is 0 Å². The number of nitrogens with one attached hydrogen (secondary N) is 1. The molecule has 0 atom stereocenters. The molecule has 1 aliphatic heterocycles. The van der Waals surface area contributed by atoms with Crippen molar-refractivity contribution in [3.8, 4) is 0 Å². The van der Waals surface area contributed by atoms with Crippen molar-refractivity contribution in [3.63, 3.8) is 0 Å². The molecule has 6 heteroatoms. The quantitative estimate of drug-likeness (QED) is 0.732. The number of carbonyl (C=O) groups excluding carboxylic acids is 1. The molecule has 0 saturated carbocycles. The van der Waals surface area contributed by atoms with Crippen LogP contribution in [-0.2, 0) is 6.42 Å². The number of benzene rings is 2. The second kappa shape index (κ2) is 7.15. The van der Waals surface area contributed by atoms with Crippen molar-refractivity contribution in [2.75, 3.05) is 16.8 Å². The fraction of sp³-hybridized carbons (Fsp3) is 0.143. The molecule has 1 N–H and O–H groups in total. The number of carbonyl (C=O) groups is 1. The van der Waals surface area contributed by atoms with E-state index in [2.05, 4.69) is 10.3 Å². The summed E-state index contributed by atoms with van der Waals surface area (Å²) >= 11 is 0. The highest BCUT2D eigenvalue weighted by atomic mass is 19.1. The molecule has 2 heterocycles. The molecule has 27 heavy (non-hydrogen) atoms. The zero-order valence-corrected chi connectivity index (χ0v) is 14.5. The minimum atomic E-state index is -0.707. The zero-order chi connectivity index (χ0) is 18.8. The van der Waals surface area contributed by atoms with Gasteiger partial charge in [0.05, 0.1) is 11.3 Å². The van der Waals surface area contributed by atoms with E-state index in [0.717, 1.165) is 36.2 Å². The summed E-state index contributed by atoms with van der Waals surface area (Å²) in [4.78, 5) is 18.8. The average molecular weight is 365 g/mol. The van der Waals surface area contributed by atoms with Crippen LogP contribution in [0.3, 0.4) is 0 Å². The molecule has 1 aromatic heterocycles. The Labute approximate surface area is 155 Å². The fourth-order valence-corrected chi connectivity index (χ4v) is 3.22. The van der Waals surface area contributed by atoms with E-state index in [0.29, 0.717) is 17.9 Å². The molecule has 0 unspecified atom stereocenters. The summed E-state index contributed by atoms with van der Waals surface area (Å²) in [6, 6.07) is 14.4. The van der Waals surface area contributed by atoms with Crippen molar-refractivity contribution >= 4 is 23.1 Å². The monoisotopic (exact) mass is 365 g/mol. The molecule has 4 nitrogen and oxygen atoms in total. The molecule has 0 spiro atoms. The van der Waals surface area contributed by atoms with Crippen LogP contribution in [0.5, 0.6) is 0 Å². The Bertz CT molecular complexity index is 989. The number of fused-ring (bicyclic) bond motifs is 1. The van der Waals surface area contributed by atoms with Gasteiger partial charge in [0.25, 0.3) is 5.91 Å². The number of anilines is 3. The first-order valence-electron chi connectivity index (χ1n) is 8.70. The number of nitrogens with zero attached hydrogens (tertiary/aromatic N) is 2. The van der Waals surface area contributed by atoms with Crippen LogP contribution in [0.15, 0.2) is 60.8 Å². The number of amides is 1. The minimum Gasteiger partial charge on any atom is -0.338 e. The molecule has 0 fully saturated rings. The van der Waals surface area contributed by atoms with Crippen molar-refractivity contribution in [2.45, 2.75) is 12.8 Å². The van der Waals surface area contributed by atoms with E-state index in [1.165, 1.54) is 12.3 Å². The van der Waals surface area contributed by atoms with E-state index in [4.69, 9.17) is 0 Å². The van der Waals surface area contributed by atoms with Gasteiger partial charge in [0, 0.05) is 24.5 Å². The summed E-state index contributed by atoms with van der Waals surface area (Å²) in [6.07, 6.45) is 3.34. The smallest absolute Gasteiger partial charge is 0.259 e. The topological polar surface area (TPSA) is 45.2 Å². The molecule has 3 aromatic rings. The van der Waals surface area contributed by atoms with E-state index in [1.54, 1.807) is 17.0 Å². The van der Waals surface area contributed by atoms with Gasteiger partial charge in [-0.2, -0.15) is 0 Å². The van der Waals surface area contributed by atoms with Gasteiger partial charge in [0.15, 0.2) is 0 Å². The fourth-order valence-electron chi connectivity index (χ4n) is 3.22. The molecular weight excluding hydrogens is 348 g/mol. The number of halogens is 2. The van der Waals surface area contributed by atoms with Crippen LogP contribution in [0.2, 0.25) is 0 Å². The number of pyridine rings is 1. The van der Waals surface area contributed by atoms with Crippen molar-refractivity contribution in [3.05, 3.63) is 83.6 Å². The number of aromatic nitrogens is 1. The number of aryl methyl sites for hydroxylation is 1. The van der Waals surface area contributed by atoms with Gasteiger partial charge in [-0.15, -0.1) is 0 Å². The van der Waals surface area contributed by atoms with Crippen LogP contribution >= 0.6 is 0 Å². The maximum atomic E-state index is 13.7. The Hall–Kier alpha value is -3.28. The highest BCUT2D eigenvalue weighted by molar-refractivity contribution is 6.06. The largest absolute Gasteiger partial charge is 0.338 e. The molecule has 0 saturated heterocycles. The molecule has 0 radical (unpaired) electrons. The Balaban J connectivity index is 1.53. The maximum absolute atomic E-state index is 13.7. The summed E-state index contributed by atoms with van der Waals surface area (Å²) < 4.78 is 26.7. The number of para-hydroxylation sites is 1. The first-order chi connectivity index (χ1) is 13.1. The van der Waals surface area contributed by atoms with E-state index >= 15 is 0 Å². The summed E-state index contributed by atoms with van der Waals surface area (Å²) in [6.45, 7) is 0.663. The van der Waals surface area contributed by atoms with Crippen molar-refractivity contribution in [2.24, 2.45) is 0 Å². The normalized spacial score (nSPS) is 13.2. The lowest BCUT2D eigenvalue weighted by molar-refractivity contribution is 0.0985. The van der Waals surface area contributed by atoms with Crippen molar-refractivity contribution in [1.29, 1.82) is 0 Å². The molecule has 0 bridgehead atoms. The Morgan fingerprint density at radius 3 is 2.70 bits per heavy atom. The first kappa shape index (κ1) is 17.1. The summed E-state index contributed by atoms with van der Waals surface area (Å²) in [5.41, 5.74) is 2.67. The van der Waals surface area contributed by atoms with Crippen LogP contribution in [-0.4, -0.2) is 17.4 Å². The molecule has 2 aromatic carbocycles. The average Bonchev–Trinajstić information content (AvgIpc) is 2.70. The second-order valence-electron chi connectivity index (χ2n) is 6.37. The van der Waals surface area contributed by atoms with Crippen LogP contribution < -0.4 is 10.2 Å². The summed E-state index contributed by atoms with van der Waals surface area (Å²) in [7, 11) is 0. The Morgan fingerprint density at radius 2 is 1.93 bits per heavy atom. The molecule has 1 aliphatic rings. The third kappa shape index (κ3) is 3.51. The van der Waals surface area contributed by atoms with Gasteiger partial charge in [-0.05, 0) is 48.7 Å². The van der Waals surface area contributed by atoms with Crippen molar-refractivity contribution in [1.82, 2.24) is 4.98 Å². The SMILES string of the molecule is O=C(c1ccc(Nc2ccc(F)cc2F)nc1)N1CCCc2ccccc21. The van der Waals surface area contributed by atoms with Gasteiger partial charge in [-0.25, -0.2) is 13.8 Å². The maximum Gasteiger partial charge on any atom is 0.259 e. The van der Waals surface area contributed by atoms with E-state index < -0.39 is 11.6 Å². The lowest BCUT2D eigenvalue weighted by Crippen LogP contribution is -2.35. The number of hydrogen-bond acceptors (Lipinski definition) is 3.